The number of hydrogen-bond acceptors (Lipinski definition) is 0. The Morgan fingerprint density at radius 2 is 1.18 bits per heavy atom. The molecule has 0 bridgehead atoms. The predicted molar refractivity (Wildman–Crippen MR) is 116 cm³/mol. The molecule has 0 spiro atoms. The van der Waals surface area contributed by atoms with Crippen LogP contribution >= 0.6 is 0 Å². The maximum absolute atomic E-state index is 2.39. The Morgan fingerprint density at radius 1 is 0.643 bits per heavy atom. The SMILES string of the molecule is C[C]1[CH][C](c2ccccc2)[CH][C]1C(C)(C)[C]1[C]2C=CC=C[C]2[C]2C=CC=C[C]21. The van der Waals surface area contributed by atoms with Crippen molar-refractivity contribution in [3.63, 3.8) is 0 Å². The maximum atomic E-state index is 2.39. The highest BCUT2D eigenvalue weighted by Gasteiger charge is 2.58. The van der Waals surface area contributed by atoms with E-state index in [0.717, 1.165) is 0 Å². The van der Waals surface area contributed by atoms with E-state index in [4.69, 9.17) is 0 Å². The standard InChI is InChI=1S/C28H24/c1-19-17-21(20-11-5-4-6-12-20)18-26(19)28(2,3)27-24-15-9-7-13-22(24)23-14-8-10-16-25(23)27/h4-18H,1-3H3. The highest BCUT2D eigenvalue weighted by molar-refractivity contribution is 5.79. The second kappa shape index (κ2) is 6.90. The average molecular weight is 361 g/mol. The van der Waals surface area contributed by atoms with E-state index in [9.17, 15) is 0 Å². The molecule has 4 aliphatic rings. The van der Waals surface area contributed by atoms with Gasteiger partial charge in [0.05, 0.1) is 0 Å². The van der Waals surface area contributed by atoms with Crippen LogP contribution in [0.25, 0.3) is 0 Å². The normalized spacial score (nSPS) is 25.8. The van der Waals surface area contributed by atoms with Crippen LogP contribution in [0.3, 0.4) is 0 Å². The summed E-state index contributed by atoms with van der Waals surface area (Å²) in [7, 11) is 0. The van der Waals surface area contributed by atoms with Crippen molar-refractivity contribution in [2.75, 3.05) is 0 Å². The summed E-state index contributed by atoms with van der Waals surface area (Å²) < 4.78 is 0. The molecule has 2 fully saturated rings. The van der Waals surface area contributed by atoms with Gasteiger partial charge in [0.25, 0.3) is 0 Å². The van der Waals surface area contributed by atoms with Gasteiger partial charge in [0.1, 0.15) is 0 Å². The molecule has 0 saturated heterocycles. The van der Waals surface area contributed by atoms with Crippen molar-refractivity contribution < 1.29 is 0 Å². The lowest BCUT2D eigenvalue weighted by atomic mass is 9.59. The van der Waals surface area contributed by atoms with Crippen LogP contribution < -0.4 is 0 Å². The third-order valence-corrected chi connectivity index (χ3v) is 6.19. The van der Waals surface area contributed by atoms with Crippen molar-refractivity contribution in [1.29, 1.82) is 0 Å². The molecule has 1 aromatic carbocycles. The lowest BCUT2D eigenvalue weighted by Crippen LogP contribution is -2.35. The van der Waals surface area contributed by atoms with Gasteiger partial charge in [-0.15, -0.1) is 0 Å². The highest BCUT2D eigenvalue weighted by atomic mass is 14.6. The van der Waals surface area contributed by atoms with Crippen LogP contribution in [0.15, 0.2) is 78.9 Å². The summed E-state index contributed by atoms with van der Waals surface area (Å²) in [4.78, 5) is 0. The summed E-state index contributed by atoms with van der Waals surface area (Å²) in [6.45, 7) is 6.99. The summed E-state index contributed by atoms with van der Waals surface area (Å²) in [5.74, 6) is 11.0. The third-order valence-electron chi connectivity index (χ3n) is 6.19. The Bertz CT molecular complexity index is 787. The number of rotatable bonds is 3. The lowest BCUT2D eigenvalue weighted by Gasteiger charge is -2.43. The minimum Gasteiger partial charge on any atom is -0.0758 e. The molecule has 0 nitrogen and oxygen atoms in total. The van der Waals surface area contributed by atoms with Crippen LogP contribution in [-0.2, 0) is 0 Å². The van der Waals surface area contributed by atoms with Gasteiger partial charge in [-0.05, 0) is 35.7 Å². The summed E-state index contributed by atoms with van der Waals surface area (Å²) in [6, 6.07) is 10.7. The molecular weight excluding hydrogens is 336 g/mol. The molecule has 0 atom stereocenters. The first-order chi connectivity index (χ1) is 13.6. The second-order valence-corrected chi connectivity index (χ2v) is 8.30. The van der Waals surface area contributed by atoms with E-state index in [1.807, 2.05) is 0 Å². The van der Waals surface area contributed by atoms with E-state index < -0.39 is 0 Å². The molecule has 0 unspecified atom stereocenters. The molecule has 0 amide bonds. The minimum atomic E-state index is -0.0835. The average Bonchev–Trinajstić information content (AvgIpc) is 3.28. The Labute approximate surface area is 171 Å². The molecular formula is C28H24. The molecule has 0 aliphatic heterocycles. The van der Waals surface area contributed by atoms with Crippen LogP contribution in [0.5, 0.6) is 0 Å². The first-order valence-corrected chi connectivity index (χ1v) is 9.97. The summed E-state index contributed by atoms with van der Waals surface area (Å²) in [5, 5.41) is 0. The molecule has 0 N–H and O–H groups in total. The van der Waals surface area contributed by atoms with Crippen LogP contribution in [-0.4, -0.2) is 0 Å². The van der Waals surface area contributed by atoms with Gasteiger partial charge in [0, 0.05) is 35.5 Å². The molecule has 1 aromatic rings. The predicted octanol–water partition coefficient (Wildman–Crippen LogP) is 6.36. The maximum Gasteiger partial charge on any atom is 0.0209 e. The fourth-order valence-electron chi connectivity index (χ4n) is 4.92. The van der Waals surface area contributed by atoms with Crippen molar-refractivity contribution in [2.24, 2.45) is 5.41 Å². The van der Waals surface area contributed by atoms with Gasteiger partial charge < -0.3 is 0 Å². The van der Waals surface area contributed by atoms with Gasteiger partial charge >= 0.3 is 0 Å². The molecule has 0 heteroatoms. The highest BCUT2D eigenvalue weighted by Crippen LogP contribution is 2.67. The van der Waals surface area contributed by atoms with Crippen LogP contribution in [0.2, 0.25) is 0 Å². The second-order valence-electron chi connectivity index (χ2n) is 8.30. The zero-order valence-electron chi connectivity index (χ0n) is 16.7. The molecule has 10 radical (unpaired) electrons. The van der Waals surface area contributed by atoms with Gasteiger partial charge in [-0.2, -0.15) is 0 Å². The Kier molecular flexibility index (Phi) is 4.49. The number of allylic oxidation sites excluding steroid dienone is 8. The number of fused-ring (bicyclic) bond motifs is 3. The summed E-state index contributed by atoms with van der Waals surface area (Å²) in [5.41, 5.74) is 1.20. The zero-order valence-corrected chi connectivity index (χ0v) is 16.7. The van der Waals surface area contributed by atoms with Gasteiger partial charge in [-0.25, -0.2) is 0 Å². The van der Waals surface area contributed by atoms with E-state index in [2.05, 4.69) is 113 Å². The van der Waals surface area contributed by atoms with Gasteiger partial charge in [-0.1, -0.05) is 99.7 Å². The van der Waals surface area contributed by atoms with Crippen molar-refractivity contribution in [2.45, 2.75) is 20.8 Å². The van der Waals surface area contributed by atoms with Crippen molar-refractivity contribution >= 4 is 0 Å². The van der Waals surface area contributed by atoms with Crippen LogP contribution in [0.4, 0.5) is 0 Å². The van der Waals surface area contributed by atoms with Gasteiger partial charge in [-0.3, -0.25) is 0 Å². The molecule has 0 aromatic heterocycles. The third kappa shape index (κ3) is 2.79. The largest absolute Gasteiger partial charge is 0.0758 e. The van der Waals surface area contributed by atoms with E-state index in [1.54, 1.807) is 0 Å². The van der Waals surface area contributed by atoms with E-state index in [1.165, 1.54) is 52.9 Å². The van der Waals surface area contributed by atoms with Crippen LogP contribution in [0, 0.1) is 65.6 Å². The lowest BCUT2D eigenvalue weighted by molar-refractivity contribution is 0.428. The van der Waals surface area contributed by atoms with E-state index in [0.29, 0.717) is 0 Å². The fraction of sp³-hybridized carbons (Fsp3) is 0.143. The quantitative estimate of drug-likeness (QED) is 0.588. The fourth-order valence-corrected chi connectivity index (χ4v) is 4.92. The topological polar surface area (TPSA) is 0 Å². The minimum absolute atomic E-state index is 0.0835. The summed E-state index contributed by atoms with van der Waals surface area (Å²) in [6.07, 6.45) is 22.4. The van der Waals surface area contributed by atoms with Gasteiger partial charge in [0.2, 0.25) is 0 Å². The Morgan fingerprint density at radius 3 is 1.75 bits per heavy atom. The molecule has 136 valence electrons. The smallest absolute Gasteiger partial charge is 0.0209 e. The van der Waals surface area contributed by atoms with E-state index in [-0.39, 0.29) is 5.41 Å². The van der Waals surface area contributed by atoms with Crippen LogP contribution in [0.1, 0.15) is 26.3 Å². The number of benzene rings is 1. The monoisotopic (exact) mass is 360 g/mol. The molecule has 28 heavy (non-hydrogen) atoms. The van der Waals surface area contributed by atoms with Crippen molar-refractivity contribution in [3.8, 4) is 0 Å². The summed E-state index contributed by atoms with van der Waals surface area (Å²) >= 11 is 0. The Balaban J connectivity index is 1.46. The van der Waals surface area contributed by atoms with E-state index >= 15 is 0 Å². The number of hydrogen-bond donors (Lipinski definition) is 0. The molecule has 2 saturated carbocycles. The first-order valence-electron chi connectivity index (χ1n) is 9.97. The van der Waals surface area contributed by atoms with Gasteiger partial charge in [0.15, 0.2) is 0 Å². The molecule has 4 aliphatic carbocycles. The zero-order chi connectivity index (χ0) is 19.3. The molecule has 5 rings (SSSR count). The molecule has 0 heterocycles. The Hall–Kier alpha value is -1.82. The first kappa shape index (κ1) is 18.2. The van der Waals surface area contributed by atoms with Crippen molar-refractivity contribution in [1.82, 2.24) is 0 Å². The van der Waals surface area contributed by atoms with Crippen molar-refractivity contribution in [3.05, 3.63) is 145 Å².